The van der Waals surface area contributed by atoms with Crippen molar-refractivity contribution in [1.29, 1.82) is 0 Å². The van der Waals surface area contributed by atoms with Crippen LogP contribution in [0.2, 0.25) is 0 Å². The molecule has 10 aromatic rings. The van der Waals surface area contributed by atoms with Crippen molar-refractivity contribution >= 4 is 38.9 Å². The number of hydroxylamine groups is 1. The van der Waals surface area contributed by atoms with Crippen LogP contribution >= 0.6 is 0 Å². The van der Waals surface area contributed by atoms with Crippen molar-refractivity contribution in [1.82, 2.24) is 9.55 Å². The van der Waals surface area contributed by atoms with E-state index in [9.17, 15) is 0 Å². The Morgan fingerprint density at radius 3 is 1.90 bits per heavy atom. The molecule has 0 bridgehead atoms. The maximum Gasteiger partial charge on any atom is 0.145 e. The van der Waals surface area contributed by atoms with Crippen molar-refractivity contribution in [2.75, 3.05) is 17.1 Å². The Labute approximate surface area is 374 Å². The molecule has 1 aliphatic heterocycles. The summed E-state index contributed by atoms with van der Waals surface area (Å²) in [6.07, 6.45) is 1.89. The van der Waals surface area contributed by atoms with Gasteiger partial charge in [-0.2, -0.15) is 35.3 Å². The summed E-state index contributed by atoms with van der Waals surface area (Å²) >= 11 is 0. The number of aromatic nitrogens is 2. The van der Waals surface area contributed by atoms with E-state index in [0.717, 1.165) is 77.2 Å². The Morgan fingerprint density at radius 2 is 1.16 bits per heavy atom. The fourth-order valence-electron chi connectivity index (χ4n) is 8.96. The van der Waals surface area contributed by atoms with E-state index in [1.54, 1.807) is 11.1 Å². The van der Waals surface area contributed by atoms with Gasteiger partial charge in [0.05, 0.1) is 11.1 Å². The molecule has 0 atom stereocenters. The standard InChI is InChI=1S/C55H38N4O.Pt/c1-57-51-30-15-16-31-52(51)59(60-57)45-25-17-24-43(37-45)55(41-20-7-3-8-21-41,42-22-9-4-10-23-42)44-32-33-49-48-28-13-14-29-50(48)58(53(49)38-44)54-36-40(34-35-56-54)47-27-12-11-26-46(47)39-18-5-2-6-19-39;/h2-36H,1H3;/q-2;/p+1/i1D3;. The SMILES string of the molecule is [2H]C([2H])([2H])N1[OH+]N(c2[c-]c(C(c3[c-]c4c(cc3)c3ccccc3n4-c3cc(-c4ccccc4-c4ccccc4)ccn3)(c3ccccc3)c3ccccc3)ccc2)c2ccccc21.[Pt]. The van der Waals surface area contributed by atoms with E-state index in [4.69, 9.17) is 9.10 Å². The van der Waals surface area contributed by atoms with E-state index in [-0.39, 0.29) is 21.1 Å². The normalized spacial score (nSPS) is 13.3. The number of hydrogen-bond donors (Lipinski definition) is 0. The van der Waals surface area contributed by atoms with Gasteiger partial charge in [0.1, 0.15) is 17.2 Å². The summed E-state index contributed by atoms with van der Waals surface area (Å²) in [6, 6.07) is 78.2. The minimum Gasteiger partial charge on any atom is -0.319 e. The second-order valence-electron chi connectivity index (χ2n) is 14.9. The minimum absolute atomic E-state index is 0. The first-order valence-corrected chi connectivity index (χ1v) is 20.0. The van der Waals surface area contributed by atoms with Gasteiger partial charge in [0.15, 0.2) is 0 Å². The van der Waals surface area contributed by atoms with E-state index in [1.807, 2.05) is 54.7 Å². The van der Waals surface area contributed by atoms with Gasteiger partial charge in [-0.05, 0) is 69.1 Å². The predicted octanol–water partition coefficient (Wildman–Crippen LogP) is 12.9. The van der Waals surface area contributed by atoms with Crippen molar-refractivity contribution in [3.05, 3.63) is 247 Å². The zero-order valence-corrected chi connectivity index (χ0v) is 35.0. The zero-order valence-electron chi connectivity index (χ0n) is 35.8. The molecule has 1 N–H and O–H groups in total. The Morgan fingerprint density at radius 1 is 0.541 bits per heavy atom. The van der Waals surface area contributed by atoms with Crippen LogP contribution in [0.4, 0.5) is 17.1 Å². The number of pyridine rings is 1. The Hall–Kier alpha value is -7.04. The molecule has 0 unspecified atom stereocenters. The number of para-hydroxylation sites is 3. The third-order valence-corrected chi connectivity index (χ3v) is 11.6. The molecular weight excluding hydrogens is 928 g/mol. The van der Waals surface area contributed by atoms with Crippen molar-refractivity contribution in [3.8, 4) is 28.1 Å². The zero-order chi connectivity index (χ0) is 42.5. The summed E-state index contributed by atoms with van der Waals surface area (Å²) in [4.78, 5) is 9.71. The molecule has 0 spiro atoms. The maximum atomic E-state index is 8.30. The minimum atomic E-state index is -2.48. The summed E-state index contributed by atoms with van der Waals surface area (Å²) in [5, 5.41) is 4.93. The molecule has 1 aliphatic rings. The van der Waals surface area contributed by atoms with E-state index < -0.39 is 12.4 Å². The first-order chi connectivity index (χ1) is 30.9. The van der Waals surface area contributed by atoms with Gasteiger partial charge >= 0.3 is 0 Å². The van der Waals surface area contributed by atoms with E-state index >= 15 is 0 Å². The van der Waals surface area contributed by atoms with Crippen LogP contribution in [0.15, 0.2) is 212 Å². The van der Waals surface area contributed by atoms with Gasteiger partial charge in [-0.3, -0.25) is 0 Å². The van der Waals surface area contributed by atoms with Crippen LogP contribution in [0, 0.1) is 12.1 Å². The van der Waals surface area contributed by atoms with E-state index in [1.165, 1.54) is 0 Å². The molecule has 11 rings (SSSR count). The molecule has 0 saturated heterocycles. The smallest absolute Gasteiger partial charge is 0.145 e. The number of anilines is 3. The number of nitrogens with zero attached hydrogens (tertiary/aromatic N) is 4. The summed E-state index contributed by atoms with van der Waals surface area (Å²) in [6.45, 7) is -2.48. The van der Waals surface area contributed by atoms with Gasteiger partial charge in [0.2, 0.25) is 0 Å². The molecule has 6 heteroatoms. The van der Waals surface area contributed by atoms with Crippen LogP contribution in [0.1, 0.15) is 26.4 Å². The van der Waals surface area contributed by atoms with E-state index in [0.29, 0.717) is 17.1 Å². The molecule has 0 saturated carbocycles. The molecule has 3 heterocycles. The van der Waals surface area contributed by atoms with E-state index in [2.05, 4.69) is 173 Å². The van der Waals surface area contributed by atoms with Crippen LogP contribution in [0.25, 0.3) is 49.9 Å². The van der Waals surface area contributed by atoms with Crippen molar-refractivity contribution in [2.24, 2.45) is 0 Å². The first-order valence-electron chi connectivity index (χ1n) is 21.5. The quantitative estimate of drug-likeness (QED) is 0.0865. The molecule has 0 aliphatic carbocycles. The average molecular weight is 970 g/mol. The third kappa shape index (κ3) is 6.37. The Bertz CT molecular complexity index is 3250. The summed E-state index contributed by atoms with van der Waals surface area (Å²) < 4.78 is 27.1. The molecular formula is C55H39N4OPt-. The molecule has 5 nitrogen and oxygen atoms in total. The molecule has 0 radical (unpaired) electrons. The maximum absolute atomic E-state index is 8.30. The third-order valence-electron chi connectivity index (χ3n) is 11.6. The number of fused-ring (bicyclic) bond motifs is 4. The van der Waals surface area contributed by atoms with Crippen molar-refractivity contribution < 1.29 is 30.1 Å². The summed E-state index contributed by atoms with van der Waals surface area (Å²) in [5.41, 5.74) is 11.0. The molecule has 8 aromatic carbocycles. The van der Waals surface area contributed by atoms with Crippen LogP contribution < -0.4 is 10.1 Å². The molecule has 0 fully saturated rings. The van der Waals surface area contributed by atoms with Gasteiger partial charge in [-0.1, -0.05) is 151 Å². The van der Waals surface area contributed by atoms with Crippen LogP contribution in [0.5, 0.6) is 0 Å². The molecule has 296 valence electrons. The topological polar surface area (TPSA) is 37.1 Å². The largest absolute Gasteiger partial charge is 0.319 e. The van der Waals surface area contributed by atoms with Crippen LogP contribution in [-0.2, 0) is 26.5 Å². The van der Waals surface area contributed by atoms with Crippen molar-refractivity contribution in [3.63, 3.8) is 0 Å². The van der Waals surface area contributed by atoms with Gasteiger partial charge < -0.3 is 4.57 Å². The summed E-state index contributed by atoms with van der Waals surface area (Å²) in [7, 11) is 0. The molecule has 2 aromatic heterocycles. The van der Waals surface area contributed by atoms with Gasteiger partial charge in [-0.25, -0.2) is 4.98 Å². The number of rotatable bonds is 8. The fraction of sp³-hybridized carbons (Fsp3) is 0.0364. The second kappa shape index (κ2) is 15.9. The number of hydrogen-bond acceptors (Lipinski definition) is 3. The van der Waals surface area contributed by atoms with Crippen LogP contribution in [0.3, 0.4) is 0 Å². The monoisotopic (exact) mass is 969 g/mol. The Balaban J connectivity index is 0.00000484. The first kappa shape index (κ1) is 34.8. The predicted molar refractivity (Wildman–Crippen MR) is 244 cm³/mol. The molecule has 0 amide bonds. The number of benzene rings is 8. The van der Waals surface area contributed by atoms with Crippen molar-refractivity contribution in [2.45, 2.75) is 5.41 Å². The summed E-state index contributed by atoms with van der Waals surface area (Å²) in [5.74, 6) is 0.779. The molecule has 61 heavy (non-hydrogen) atoms. The van der Waals surface area contributed by atoms with Gasteiger partial charge in [0.25, 0.3) is 0 Å². The Kier molecular flexibility index (Phi) is 9.04. The average Bonchev–Trinajstić information content (AvgIpc) is 3.90. The van der Waals surface area contributed by atoms with Gasteiger partial charge in [0, 0.05) is 43.9 Å². The van der Waals surface area contributed by atoms with Crippen LogP contribution in [-0.4, -0.2) is 21.5 Å². The fourth-order valence-corrected chi connectivity index (χ4v) is 8.96. The van der Waals surface area contributed by atoms with Gasteiger partial charge in [-0.15, -0.1) is 38.8 Å². The second-order valence-corrected chi connectivity index (χ2v) is 14.9.